The molecule has 2 N–H and O–H groups in total. The monoisotopic (exact) mass is 412 g/mol. The van der Waals surface area contributed by atoms with Crippen molar-refractivity contribution in [1.82, 2.24) is 5.32 Å². The number of rotatable bonds is 7. The van der Waals surface area contributed by atoms with Crippen molar-refractivity contribution in [3.8, 4) is 17.2 Å². The molecule has 30 heavy (non-hydrogen) atoms. The van der Waals surface area contributed by atoms with E-state index < -0.39 is 5.97 Å². The molecule has 1 fully saturated rings. The van der Waals surface area contributed by atoms with E-state index >= 15 is 0 Å². The van der Waals surface area contributed by atoms with E-state index in [0.717, 1.165) is 43.9 Å². The van der Waals surface area contributed by atoms with Gasteiger partial charge in [-0.2, -0.15) is 0 Å². The Labute approximate surface area is 176 Å². The maximum absolute atomic E-state index is 11.4. The van der Waals surface area contributed by atoms with Gasteiger partial charge >= 0.3 is 5.97 Å². The Bertz CT molecular complexity index is 880. The van der Waals surface area contributed by atoms with Crippen LogP contribution in [0.5, 0.6) is 17.2 Å². The number of carboxylic acid groups (broad SMARTS) is 1. The normalized spacial score (nSPS) is 18.8. The van der Waals surface area contributed by atoms with Crippen LogP contribution in [0.2, 0.25) is 0 Å². The third kappa shape index (κ3) is 4.46. The lowest BCUT2D eigenvalue weighted by Crippen LogP contribution is -2.42. The van der Waals surface area contributed by atoms with E-state index in [1.54, 1.807) is 19.2 Å². The third-order valence-electron chi connectivity index (χ3n) is 5.76. The summed E-state index contributed by atoms with van der Waals surface area (Å²) in [6.45, 7) is 3.96. The highest BCUT2D eigenvalue weighted by Crippen LogP contribution is 2.35. The van der Waals surface area contributed by atoms with Crippen LogP contribution in [0.25, 0.3) is 0 Å². The number of carboxylic acids is 1. The van der Waals surface area contributed by atoms with Crippen LogP contribution in [0.4, 0.5) is 5.69 Å². The highest BCUT2D eigenvalue weighted by atomic mass is 16.6. The Morgan fingerprint density at radius 1 is 1.17 bits per heavy atom. The van der Waals surface area contributed by atoms with Gasteiger partial charge in [0.25, 0.3) is 0 Å². The number of hydrogen-bond donors (Lipinski definition) is 2. The molecule has 0 aromatic heterocycles. The fourth-order valence-corrected chi connectivity index (χ4v) is 4.12. The standard InChI is InChI=1S/C23H28N2O5/c1-28-20-7-3-2-6-19(20)25-11-9-16(10-12-25)13-24-14-17-15-29-21-8-4-5-18(23(26)27)22(21)30-17/h2-8,16-17,24H,9-15H2,1H3,(H,26,27). The van der Waals surface area contributed by atoms with Crippen LogP contribution >= 0.6 is 0 Å². The molecule has 0 radical (unpaired) electrons. The molecule has 2 heterocycles. The Hall–Kier alpha value is -2.93. The van der Waals surface area contributed by atoms with Gasteiger partial charge in [-0.25, -0.2) is 4.79 Å². The van der Waals surface area contributed by atoms with E-state index in [1.165, 1.54) is 6.07 Å². The van der Waals surface area contributed by atoms with Gasteiger partial charge in [-0.3, -0.25) is 0 Å². The van der Waals surface area contributed by atoms with Gasteiger partial charge in [0.1, 0.15) is 24.0 Å². The van der Waals surface area contributed by atoms with E-state index in [9.17, 15) is 9.90 Å². The van der Waals surface area contributed by atoms with Gasteiger partial charge in [-0.05, 0) is 49.6 Å². The van der Waals surface area contributed by atoms with E-state index in [1.807, 2.05) is 18.2 Å². The number of nitrogens with zero attached hydrogens (tertiary/aromatic N) is 1. The Kier molecular flexibility index (Phi) is 6.28. The third-order valence-corrected chi connectivity index (χ3v) is 5.76. The first-order valence-electron chi connectivity index (χ1n) is 10.4. The molecule has 2 aliphatic rings. The summed E-state index contributed by atoms with van der Waals surface area (Å²) in [5.41, 5.74) is 1.30. The summed E-state index contributed by atoms with van der Waals surface area (Å²) in [4.78, 5) is 13.8. The summed E-state index contributed by atoms with van der Waals surface area (Å²) in [7, 11) is 1.71. The summed E-state index contributed by atoms with van der Waals surface area (Å²) < 4.78 is 17.1. The molecule has 0 saturated carbocycles. The first-order chi connectivity index (χ1) is 14.7. The lowest BCUT2D eigenvalue weighted by Gasteiger charge is -2.34. The molecule has 0 aliphatic carbocycles. The van der Waals surface area contributed by atoms with Gasteiger partial charge in [0.2, 0.25) is 0 Å². The molecule has 1 atom stereocenters. The van der Waals surface area contributed by atoms with Crippen molar-refractivity contribution in [3.63, 3.8) is 0 Å². The first-order valence-corrected chi connectivity index (χ1v) is 10.4. The minimum absolute atomic E-state index is 0.140. The van der Waals surface area contributed by atoms with Gasteiger partial charge in [0.05, 0.1) is 12.8 Å². The number of benzene rings is 2. The van der Waals surface area contributed by atoms with Gasteiger partial charge < -0.3 is 29.5 Å². The van der Waals surface area contributed by atoms with Gasteiger partial charge in [0.15, 0.2) is 11.5 Å². The maximum Gasteiger partial charge on any atom is 0.339 e. The summed E-state index contributed by atoms with van der Waals surface area (Å²) in [5, 5.41) is 12.8. The number of methoxy groups -OCH3 is 1. The predicted octanol–water partition coefficient (Wildman–Crippen LogP) is 3.04. The predicted molar refractivity (Wildman–Crippen MR) is 114 cm³/mol. The minimum atomic E-state index is -1.01. The minimum Gasteiger partial charge on any atom is -0.495 e. The van der Waals surface area contributed by atoms with Crippen molar-refractivity contribution >= 4 is 11.7 Å². The number of nitrogens with one attached hydrogen (secondary N) is 1. The topological polar surface area (TPSA) is 80.3 Å². The molecule has 2 aromatic carbocycles. The smallest absolute Gasteiger partial charge is 0.339 e. The lowest BCUT2D eigenvalue weighted by atomic mass is 9.96. The SMILES string of the molecule is COc1ccccc1N1CCC(CNCC2COc3cccc(C(=O)O)c3O2)CC1. The molecule has 7 heteroatoms. The summed E-state index contributed by atoms with van der Waals surface area (Å²) >= 11 is 0. The number of fused-ring (bicyclic) bond motifs is 1. The maximum atomic E-state index is 11.4. The van der Waals surface area contributed by atoms with Crippen LogP contribution in [0.1, 0.15) is 23.2 Å². The lowest BCUT2D eigenvalue weighted by molar-refractivity contribution is 0.0653. The zero-order valence-electron chi connectivity index (χ0n) is 17.2. The van der Waals surface area contributed by atoms with Crippen molar-refractivity contribution in [2.24, 2.45) is 5.92 Å². The number of anilines is 1. The van der Waals surface area contributed by atoms with Crippen molar-refractivity contribution in [2.45, 2.75) is 18.9 Å². The molecule has 0 spiro atoms. The molecule has 1 unspecified atom stereocenters. The number of hydrogen-bond acceptors (Lipinski definition) is 6. The molecule has 4 rings (SSSR count). The Balaban J connectivity index is 1.24. The second-order valence-electron chi connectivity index (χ2n) is 7.75. The van der Waals surface area contributed by atoms with Gasteiger partial charge in [-0.1, -0.05) is 18.2 Å². The zero-order valence-corrected chi connectivity index (χ0v) is 17.2. The summed E-state index contributed by atoms with van der Waals surface area (Å²) in [5.74, 6) is 1.33. The highest BCUT2D eigenvalue weighted by Gasteiger charge is 2.26. The fourth-order valence-electron chi connectivity index (χ4n) is 4.12. The second kappa shape index (κ2) is 9.26. The Morgan fingerprint density at radius 2 is 1.97 bits per heavy atom. The average molecular weight is 412 g/mol. The molecule has 7 nitrogen and oxygen atoms in total. The highest BCUT2D eigenvalue weighted by molar-refractivity contribution is 5.92. The first kappa shape index (κ1) is 20.3. The molecular weight excluding hydrogens is 384 g/mol. The van der Waals surface area contributed by atoms with Gasteiger partial charge in [0, 0.05) is 19.6 Å². The van der Waals surface area contributed by atoms with E-state index in [-0.39, 0.29) is 11.7 Å². The fraction of sp³-hybridized carbons (Fsp3) is 0.435. The molecule has 0 bridgehead atoms. The van der Waals surface area contributed by atoms with Crippen molar-refractivity contribution in [1.29, 1.82) is 0 Å². The molecular formula is C23H28N2O5. The molecule has 2 aromatic rings. The van der Waals surface area contributed by atoms with E-state index in [4.69, 9.17) is 14.2 Å². The zero-order chi connectivity index (χ0) is 20.9. The van der Waals surface area contributed by atoms with Crippen LogP contribution in [0, 0.1) is 5.92 Å². The van der Waals surface area contributed by atoms with Crippen molar-refractivity contribution < 1.29 is 24.1 Å². The van der Waals surface area contributed by atoms with Crippen LogP contribution < -0.4 is 24.4 Å². The number of aromatic carboxylic acids is 1. The largest absolute Gasteiger partial charge is 0.495 e. The quantitative estimate of drug-likeness (QED) is 0.724. The molecule has 0 amide bonds. The van der Waals surface area contributed by atoms with Crippen LogP contribution in [-0.4, -0.2) is 57.1 Å². The number of carbonyl (C=O) groups is 1. The van der Waals surface area contributed by atoms with Crippen LogP contribution in [0.15, 0.2) is 42.5 Å². The molecule has 160 valence electrons. The molecule has 2 aliphatic heterocycles. The van der Waals surface area contributed by atoms with E-state index in [0.29, 0.717) is 30.6 Å². The van der Waals surface area contributed by atoms with Crippen LogP contribution in [0.3, 0.4) is 0 Å². The van der Waals surface area contributed by atoms with Gasteiger partial charge in [-0.15, -0.1) is 0 Å². The number of para-hydroxylation sites is 3. The second-order valence-corrected chi connectivity index (χ2v) is 7.75. The van der Waals surface area contributed by atoms with Crippen LogP contribution in [-0.2, 0) is 0 Å². The average Bonchev–Trinajstić information content (AvgIpc) is 2.79. The van der Waals surface area contributed by atoms with Crippen molar-refractivity contribution in [3.05, 3.63) is 48.0 Å². The Morgan fingerprint density at radius 3 is 2.73 bits per heavy atom. The van der Waals surface area contributed by atoms with Crippen molar-refractivity contribution in [2.75, 3.05) is 44.8 Å². The number of ether oxygens (including phenoxy) is 3. The summed E-state index contributed by atoms with van der Waals surface area (Å²) in [6, 6.07) is 13.1. The summed E-state index contributed by atoms with van der Waals surface area (Å²) in [6.07, 6.45) is 2.02. The molecule has 1 saturated heterocycles. The van der Waals surface area contributed by atoms with E-state index in [2.05, 4.69) is 16.3 Å². The number of piperidine rings is 1.